The van der Waals surface area contributed by atoms with Crippen LogP contribution in [0.25, 0.3) is 5.76 Å². The quantitative estimate of drug-likeness (QED) is 0.376. The topological polar surface area (TPSA) is 71.3 Å². The number of quaternary nitrogens is 1. The fraction of sp³-hybridized carbons (Fsp3) is 0.429. The summed E-state index contributed by atoms with van der Waals surface area (Å²) in [5, 5.41) is 11.2. The number of morpholine rings is 1. The van der Waals surface area contributed by atoms with E-state index in [1.807, 2.05) is 43.3 Å². The van der Waals surface area contributed by atoms with Crippen molar-refractivity contribution in [2.24, 2.45) is 0 Å². The van der Waals surface area contributed by atoms with E-state index in [0.717, 1.165) is 50.4 Å². The van der Waals surface area contributed by atoms with E-state index in [-0.39, 0.29) is 11.3 Å². The molecule has 6 nitrogen and oxygen atoms in total. The van der Waals surface area contributed by atoms with Gasteiger partial charge in [-0.05, 0) is 24.0 Å². The minimum absolute atomic E-state index is 0.113. The van der Waals surface area contributed by atoms with Gasteiger partial charge in [0.05, 0.1) is 31.4 Å². The number of aryl methyl sites for hydroxylation is 1. The fourth-order valence-electron chi connectivity index (χ4n) is 4.80. The number of carbonyl (C=O) groups excluding carboxylic acids is 2. The van der Waals surface area contributed by atoms with Gasteiger partial charge in [-0.1, -0.05) is 67.9 Å². The molecule has 2 aliphatic rings. The number of hydrogen-bond donors (Lipinski definition) is 2. The molecule has 1 atom stereocenters. The predicted octanol–water partition coefficient (Wildman–Crippen LogP) is 2.85. The molecule has 2 aromatic rings. The first-order valence-electron chi connectivity index (χ1n) is 12.2. The molecule has 4 rings (SSSR count). The number of likely N-dealkylation sites (tertiary alicyclic amines) is 1. The molecule has 34 heavy (non-hydrogen) atoms. The molecule has 0 spiro atoms. The third-order valence-electron chi connectivity index (χ3n) is 6.91. The van der Waals surface area contributed by atoms with Crippen LogP contribution in [0.15, 0.2) is 54.1 Å². The molecule has 2 N–H and O–H groups in total. The molecule has 1 amide bonds. The van der Waals surface area contributed by atoms with Gasteiger partial charge in [-0.2, -0.15) is 0 Å². The number of ketones is 1. The van der Waals surface area contributed by atoms with Gasteiger partial charge in [0.2, 0.25) is 0 Å². The van der Waals surface area contributed by atoms with Gasteiger partial charge in [-0.15, -0.1) is 0 Å². The zero-order valence-corrected chi connectivity index (χ0v) is 20.3. The molecule has 0 radical (unpaired) electrons. The van der Waals surface area contributed by atoms with Gasteiger partial charge in [-0.3, -0.25) is 9.59 Å². The van der Waals surface area contributed by atoms with Crippen LogP contribution in [0, 0.1) is 6.92 Å². The van der Waals surface area contributed by atoms with Crippen LogP contribution < -0.4 is 4.90 Å². The normalized spacial score (nSPS) is 20.9. The minimum Gasteiger partial charge on any atom is -0.507 e. The monoisotopic (exact) mass is 463 g/mol. The largest absolute Gasteiger partial charge is 0.507 e. The highest BCUT2D eigenvalue weighted by molar-refractivity contribution is 6.46. The van der Waals surface area contributed by atoms with Crippen LogP contribution in [0.5, 0.6) is 0 Å². The van der Waals surface area contributed by atoms with E-state index in [9.17, 15) is 14.7 Å². The highest BCUT2D eigenvalue weighted by Crippen LogP contribution is 2.39. The summed E-state index contributed by atoms with van der Waals surface area (Å²) in [5.41, 5.74) is 3.81. The van der Waals surface area contributed by atoms with Crippen molar-refractivity contribution in [1.82, 2.24) is 4.90 Å². The van der Waals surface area contributed by atoms with Crippen LogP contribution in [0.4, 0.5) is 0 Å². The van der Waals surface area contributed by atoms with Crippen LogP contribution >= 0.6 is 0 Å². The van der Waals surface area contributed by atoms with E-state index in [1.54, 1.807) is 17.0 Å². The molecule has 0 saturated carbocycles. The zero-order chi connectivity index (χ0) is 24.2. The van der Waals surface area contributed by atoms with E-state index in [2.05, 4.69) is 13.8 Å². The number of aliphatic hydroxyl groups excluding tert-OH is 1. The lowest BCUT2D eigenvalue weighted by Crippen LogP contribution is -3.14. The third-order valence-corrected chi connectivity index (χ3v) is 6.91. The summed E-state index contributed by atoms with van der Waals surface area (Å²) in [6, 6.07) is 14.8. The maximum atomic E-state index is 13.2. The first kappa shape index (κ1) is 24.2. The van der Waals surface area contributed by atoms with E-state index in [1.165, 1.54) is 10.5 Å². The summed E-state index contributed by atoms with van der Waals surface area (Å²) in [4.78, 5) is 29.4. The van der Waals surface area contributed by atoms with Crippen LogP contribution in [-0.4, -0.2) is 61.1 Å². The van der Waals surface area contributed by atoms with Gasteiger partial charge in [0.15, 0.2) is 0 Å². The molecule has 2 fully saturated rings. The lowest BCUT2D eigenvalue weighted by Gasteiger charge is -2.27. The Balaban J connectivity index is 1.67. The van der Waals surface area contributed by atoms with Crippen molar-refractivity contribution >= 4 is 17.4 Å². The second-order valence-corrected chi connectivity index (χ2v) is 9.65. The Labute approximate surface area is 201 Å². The molecule has 2 heterocycles. The number of aliphatic hydroxyl groups is 1. The zero-order valence-electron chi connectivity index (χ0n) is 20.3. The van der Waals surface area contributed by atoms with Crippen molar-refractivity contribution in [3.63, 3.8) is 0 Å². The van der Waals surface area contributed by atoms with E-state index >= 15 is 0 Å². The average molecular weight is 464 g/mol. The van der Waals surface area contributed by atoms with E-state index in [4.69, 9.17) is 4.74 Å². The van der Waals surface area contributed by atoms with Crippen molar-refractivity contribution in [3.05, 3.63) is 76.4 Å². The molecule has 0 bridgehead atoms. The highest BCUT2D eigenvalue weighted by Gasteiger charge is 2.45. The standard InChI is InChI=1S/C28H34N2O4/c1-19(2)21-9-11-22(12-10-21)25-24(26(31)23-7-5-20(3)6-8-23)27(32)28(33)30(25)14-4-13-29-15-17-34-18-16-29/h5-12,19,25,31H,4,13-18H2,1-3H3/p+1/t25-/m1/s1. The van der Waals surface area contributed by atoms with Crippen molar-refractivity contribution in [2.45, 2.75) is 39.2 Å². The number of rotatable bonds is 7. The number of hydrogen-bond acceptors (Lipinski definition) is 4. The third kappa shape index (κ3) is 5.08. The van der Waals surface area contributed by atoms with Gasteiger partial charge in [0.1, 0.15) is 18.8 Å². The number of carbonyl (C=O) groups is 2. The molecule has 2 saturated heterocycles. The summed E-state index contributed by atoms with van der Waals surface area (Å²) in [7, 11) is 0. The molecular formula is C28H35N2O4+. The Hall–Kier alpha value is -2.96. The molecular weight excluding hydrogens is 428 g/mol. The second-order valence-electron chi connectivity index (χ2n) is 9.65. The molecule has 0 unspecified atom stereocenters. The molecule has 0 aromatic heterocycles. The van der Waals surface area contributed by atoms with Crippen LogP contribution in [-0.2, 0) is 14.3 Å². The number of Topliss-reactive ketones (excluding diaryl/α,β-unsaturated/α-hetero) is 1. The molecule has 2 aliphatic heterocycles. The van der Waals surface area contributed by atoms with Crippen molar-refractivity contribution in [1.29, 1.82) is 0 Å². The first-order valence-corrected chi connectivity index (χ1v) is 12.2. The van der Waals surface area contributed by atoms with Gasteiger partial charge >= 0.3 is 0 Å². The number of amides is 1. The second kappa shape index (κ2) is 10.5. The lowest BCUT2D eigenvalue weighted by molar-refractivity contribution is -0.908. The van der Waals surface area contributed by atoms with Gasteiger partial charge in [-0.25, -0.2) is 0 Å². The Kier molecular flexibility index (Phi) is 7.49. The number of ether oxygens (including phenoxy) is 1. The highest BCUT2D eigenvalue weighted by atomic mass is 16.5. The predicted molar refractivity (Wildman–Crippen MR) is 132 cm³/mol. The first-order chi connectivity index (χ1) is 16.4. The average Bonchev–Trinajstić information content (AvgIpc) is 3.10. The van der Waals surface area contributed by atoms with Crippen molar-refractivity contribution < 1.29 is 24.3 Å². The van der Waals surface area contributed by atoms with Crippen LogP contribution in [0.1, 0.15) is 54.5 Å². The maximum absolute atomic E-state index is 13.2. The Morgan fingerprint density at radius 1 is 1.06 bits per heavy atom. The van der Waals surface area contributed by atoms with Crippen molar-refractivity contribution in [2.75, 3.05) is 39.4 Å². The Bertz CT molecular complexity index is 1050. The fourth-order valence-corrected chi connectivity index (χ4v) is 4.80. The summed E-state index contributed by atoms with van der Waals surface area (Å²) >= 11 is 0. The van der Waals surface area contributed by atoms with E-state index in [0.29, 0.717) is 18.0 Å². The number of nitrogens with zero attached hydrogens (tertiary/aromatic N) is 1. The SMILES string of the molecule is Cc1ccc(C(O)=C2C(=O)C(=O)N(CCC[NH+]3CCOCC3)[C@@H]2c2ccc(C(C)C)cc2)cc1. The lowest BCUT2D eigenvalue weighted by atomic mass is 9.93. The smallest absolute Gasteiger partial charge is 0.295 e. The number of nitrogens with one attached hydrogen (secondary N) is 1. The maximum Gasteiger partial charge on any atom is 0.295 e. The van der Waals surface area contributed by atoms with Gasteiger partial charge in [0.25, 0.3) is 11.7 Å². The molecule has 180 valence electrons. The molecule has 0 aliphatic carbocycles. The van der Waals surface area contributed by atoms with Crippen LogP contribution in [0.2, 0.25) is 0 Å². The Morgan fingerprint density at radius 2 is 1.71 bits per heavy atom. The van der Waals surface area contributed by atoms with Gasteiger partial charge in [0, 0.05) is 18.5 Å². The molecule has 2 aromatic carbocycles. The van der Waals surface area contributed by atoms with Crippen molar-refractivity contribution in [3.8, 4) is 0 Å². The summed E-state index contributed by atoms with van der Waals surface area (Å²) < 4.78 is 5.44. The van der Waals surface area contributed by atoms with Crippen LogP contribution in [0.3, 0.4) is 0 Å². The van der Waals surface area contributed by atoms with E-state index < -0.39 is 17.7 Å². The minimum atomic E-state index is -0.616. The number of benzene rings is 2. The van der Waals surface area contributed by atoms with Gasteiger partial charge < -0.3 is 19.6 Å². The summed E-state index contributed by atoms with van der Waals surface area (Å²) in [5.74, 6) is -0.889. The molecule has 6 heteroatoms. The summed E-state index contributed by atoms with van der Waals surface area (Å²) in [6.07, 6.45) is 0.785. The summed E-state index contributed by atoms with van der Waals surface area (Å²) in [6.45, 7) is 11.1. The Morgan fingerprint density at radius 3 is 2.32 bits per heavy atom.